The van der Waals surface area contributed by atoms with Crippen molar-refractivity contribution in [3.63, 3.8) is 0 Å². The molecule has 1 heterocycles. The lowest BCUT2D eigenvalue weighted by Gasteiger charge is -1.93. The Labute approximate surface area is 70.6 Å². The van der Waals surface area contributed by atoms with Crippen LogP contribution in [0.3, 0.4) is 0 Å². The lowest BCUT2D eigenvalue weighted by atomic mass is 10.1. The fourth-order valence-corrected chi connectivity index (χ4v) is 1.24. The fraction of sp³-hybridized carbons (Fsp3) is 0.222. The third-order valence-electron chi connectivity index (χ3n) is 1.76. The van der Waals surface area contributed by atoms with Gasteiger partial charge >= 0.3 is 0 Å². The Bertz CT molecular complexity index is 320. The zero-order valence-corrected chi connectivity index (χ0v) is 6.78. The summed E-state index contributed by atoms with van der Waals surface area (Å²) in [6, 6.07) is 7.79. The number of hydrogen-bond acceptors (Lipinski definition) is 3. The molecule has 0 spiro atoms. The maximum atomic E-state index is 5.35. The number of rotatable bonds is 1. The van der Waals surface area contributed by atoms with Crippen molar-refractivity contribution in [1.82, 2.24) is 0 Å². The molecule has 0 unspecified atom stereocenters. The van der Waals surface area contributed by atoms with Crippen LogP contribution in [0.5, 0.6) is 5.75 Å². The van der Waals surface area contributed by atoms with E-state index in [9.17, 15) is 0 Å². The number of para-hydroxylation sites is 1. The molecule has 0 radical (unpaired) electrons. The quantitative estimate of drug-likeness (QED) is 0.586. The third kappa shape index (κ3) is 1.03. The van der Waals surface area contributed by atoms with E-state index in [1.165, 1.54) is 7.11 Å². The summed E-state index contributed by atoms with van der Waals surface area (Å²) in [6.45, 7) is 0.507. The normalized spacial score (nSPS) is 17.2. The van der Waals surface area contributed by atoms with Crippen molar-refractivity contribution >= 4 is 5.71 Å². The first-order valence-corrected chi connectivity index (χ1v) is 3.74. The highest BCUT2D eigenvalue weighted by atomic mass is 16.6. The molecule has 12 heavy (non-hydrogen) atoms. The summed E-state index contributed by atoms with van der Waals surface area (Å²) in [6.07, 6.45) is 0. The molecule has 0 amide bonds. The Kier molecular flexibility index (Phi) is 1.70. The molecule has 3 nitrogen and oxygen atoms in total. The average Bonchev–Trinajstić information content (AvgIpc) is 2.50. The van der Waals surface area contributed by atoms with Crippen molar-refractivity contribution in [2.24, 2.45) is 5.16 Å². The lowest BCUT2D eigenvalue weighted by molar-refractivity contribution is 0.212. The predicted octanol–water partition coefficient (Wildman–Crippen LogP) is 1.43. The van der Waals surface area contributed by atoms with Crippen molar-refractivity contribution in [2.75, 3.05) is 13.7 Å². The molecule has 1 aromatic carbocycles. The molecule has 0 aliphatic carbocycles. The van der Waals surface area contributed by atoms with E-state index in [-0.39, 0.29) is 0 Å². The summed E-state index contributed by atoms with van der Waals surface area (Å²) in [7, 11) is 1.54. The lowest BCUT2D eigenvalue weighted by Crippen LogP contribution is -2.02. The van der Waals surface area contributed by atoms with Gasteiger partial charge in [0.05, 0.1) is 0 Å². The van der Waals surface area contributed by atoms with Crippen LogP contribution in [0.25, 0.3) is 0 Å². The number of hydrogen-bond donors (Lipinski definition) is 0. The van der Waals surface area contributed by atoms with Crippen molar-refractivity contribution in [3.05, 3.63) is 29.8 Å². The van der Waals surface area contributed by atoms with Crippen molar-refractivity contribution in [3.8, 4) is 5.75 Å². The Morgan fingerprint density at radius 2 is 2.25 bits per heavy atom. The largest absolute Gasteiger partial charge is 0.486 e. The van der Waals surface area contributed by atoms with Crippen LogP contribution in [0.15, 0.2) is 29.4 Å². The highest BCUT2D eigenvalue weighted by molar-refractivity contribution is 6.05. The number of benzene rings is 1. The van der Waals surface area contributed by atoms with Crippen LogP contribution in [0.2, 0.25) is 0 Å². The smallest absolute Gasteiger partial charge is 0.134 e. The number of oxime groups is 1. The molecule has 0 fully saturated rings. The maximum Gasteiger partial charge on any atom is 0.134 e. The molecule has 0 aromatic heterocycles. The van der Waals surface area contributed by atoms with Gasteiger partial charge in [0.15, 0.2) is 0 Å². The molecular formula is C9H9NO2. The summed E-state index contributed by atoms with van der Waals surface area (Å²) < 4.78 is 5.35. The van der Waals surface area contributed by atoms with E-state index in [0.717, 1.165) is 17.0 Å². The minimum absolute atomic E-state index is 0.507. The minimum Gasteiger partial charge on any atom is -0.486 e. The molecule has 1 aromatic rings. The molecule has 2 rings (SSSR count). The highest BCUT2D eigenvalue weighted by Gasteiger charge is 2.18. The zero-order valence-electron chi connectivity index (χ0n) is 6.78. The summed E-state index contributed by atoms with van der Waals surface area (Å²) in [5.41, 5.74) is 1.88. The molecule has 62 valence electrons. The minimum atomic E-state index is 0.507. The maximum absolute atomic E-state index is 5.35. The monoisotopic (exact) mass is 163 g/mol. The van der Waals surface area contributed by atoms with E-state index < -0.39 is 0 Å². The summed E-state index contributed by atoms with van der Waals surface area (Å²) in [5.74, 6) is 0.883. The van der Waals surface area contributed by atoms with Gasteiger partial charge in [-0.2, -0.15) is 0 Å². The van der Waals surface area contributed by atoms with Crippen LogP contribution in [-0.2, 0) is 4.84 Å². The van der Waals surface area contributed by atoms with Gasteiger partial charge in [0, 0.05) is 5.56 Å². The molecule has 0 saturated carbocycles. The third-order valence-corrected chi connectivity index (χ3v) is 1.76. The molecular weight excluding hydrogens is 154 g/mol. The van der Waals surface area contributed by atoms with Gasteiger partial charge in [0.25, 0.3) is 0 Å². The van der Waals surface area contributed by atoms with Crippen LogP contribution >= 0.6 is 0 Å². The van der Waals surface area contributed by atoms with Gasteiger partial charge in [0.1, 0.15) is 25.2 Å². The second-order valence-corrected chi connectivity index (χ2v) is 2.51. The van der Waals surface area contributed by atoms with Gasteiger partial charge in [-0.1, -0.05) is 17.3 Å². The van der Waals surface area contributed by atoms with E-state index >= 15 is 0 Å². The molecule has 0 N–H and O–H groups in total. The Morgan fingerprint density at radius 1 is 1.42 bits per heavy atom. The van der Waals surface area contributed by atoms with Crippen LogP contribution in [-0.4, -0.2) is 19.4 Å². The van der Waals surface area contributed by atoms with E-state index in [2.05, 4.69) is 5.16 Å². The number of ether oxygens (including phenoxy) is 1. The summed E-state index contributed by atoms with van der Waals surface area (Å²) in [4.78, 5) is 4.69. The Morgan fingerprint density at radius 3 is 3.08 bits per heavy atom. The number of fused-ring (bicyclic) bond motifs is 1. The zero-order chi connectivity index (χ0) is 8.39. The van der Waals surface area contributed by atoms with Crippen molar-refractivity contribution < 1.29 is 9.57 Å². The van der Waals surface area contributed by atoms with Gasteiger partial charge in [-0.25, -0.2) is 0 Å². The second-order valence-electron chi connectivity index (χ2n) is 2.51. The standard InChI is InChI=1S/C9H9NO2/c1-11-10-8-6-12-9-5-3-2-4-7(8)9/h2-5H,6H2,1H3/b10-8-. The topological polar surface area (TPSA) is 30.8 Å². The van der Waals surface area contributed by atoms with Crippen LogP contribution in [0, 0.1) is 0 Å². The average molecular weight is 163 g/mol. The first-order valence-electron chi connectivity index (χ1n) is 3.74. The van der Waals surface area contributed by atoms with Crippen LogP contribution in [0.4, 0.5) is 0 Å². The van der Waals surface area contributed by atoms with Crippen molar-refractivity contribution in [2.45, 2.75) is 0 Å². The van der Waals surface area contributed by atoms with E-state index in [1.54, 1.807) is 0 Å². The summed E-state index contributed by atoms with van der Waals surface area (Å²) >= 11 is 0. The van der Waals surface area contributed by atoms with E-state index in [1.807, 2.05) is 24.3 Å². The molecule has 1 aliphatic heterocycles. The predicted molar refractivity (Wildman–Crippen MR) is 45.5 cm³/mol. The van der Waals surface area contributed by atoms with Crippen molar-refractivity contribution in [1.29, 1.82) is 0 Å². The van der Waals surface area contributed by atoms with Gasteiger partial charge in [-0.05, 0) is 12.1 Å². The summed E-state index contributed by atoms with van der Waals surface area (Å²) in [5, 5.41) is 3.86. The molecule has 0 saturated heterocycles. The Hall–Kier alpha value is -1.51. The SMILES string of the molecule is CO/N=C1/COc2ccccc21. The highest BCUT2D eigenvalue weighted by Crippen LogP contribution is 2.24. The second kappa shape index (κ2) is 2.85. The van der Waals surface area contributed by atoms with Gasteiger partial charge in [0.2, 0.25) is 0 Å². The fourth-order valence-electron chi connectivity index (χ4n) is 1.24. The molecule has 1 aliphatic rings. The Balaban J connectivity index is 2.43. The first-order chi connectivity index (χ1) is 5.92. The van der Waals surface area contributed by atoms with E-state index in [4.69, 9.17) is 9.57 Å². The van der Waals surface area contributed by atoms with Gasteiger partial charge < -0.3 is 9.57 Å². The van der Waals surface area contributed by atoms with Crippen LogP contribution in [0.1, 0.15) is 5.56 Å². The van der Waals surface area contributed by atoms with Crippen LogP contribution < -0.4 is 4.74 Å². The number of nitrogens with zero attached hydrogens (tertiary/aromatic N) is 1. The van der Waals surface area contributed by atoms with Gasteiger partial charge in [-0.3, -0.25) is 0 Å². The first kappa shape index (κ1) is 7.16. The molecule has 0 atom stereocenters. The molecule has 0 bridgehead atoms. The molecule has 3 heteroatoms. The van der Waals surface area contributed by atoms with E-state index in [0.29, 0.717) is 6.61 Å². The van der Waals surface area contributed by atoms with Gasteiger partial charge in [-0.15, -0.1) is 0 Å².